The molecule has 0 amide bonds. The Hall–Kier alpha value is -1.37. The molecule has 5 nitrogen and oxygen atoms in total. The van der Waals surface area contributed by atoms with E-state index in [-0.39, 0.29) is 5.41 Å². The average Bonchev–Trinajstić information content (AvgIpc) is 2.89. The van der Waals surface area contributed by atoms with E-state index in [9.17, 15) is 5.11 Å². The maximum atomic E-state index is 11.2. The molecular weight excluding hydrogens is 346 g/mol. The SMILES string of the molecule is CC(C)(C)C(O)(CCCOc1ccccc1Cl)Cn1[nH]cnc1=S. The van der Waals surface area contributed by atoms with E-state index in [1.54, 1.807) is 10.7 Å². The summed E-state index contributed by atoms with van der Waals surface area (Å²) in [5.41, 5.74) is -1.27. The Morgan fingerprint density at radius 1 is 1.33 bits per heavy atom. The van der Waals surface area contributed by atoms with Gasteiger partial charge in [0.25, 0.3) is 0 Å². The number of ether oxygens (including phenoxy) is 1. The summed E-state index contributed by atoms with van der Waals surface area (Å²) in [6.07, 6.45) is 2.80. The Labute approximate surface area is 152 Å². The van der Waals surface area contributed by atoms with E-state index in [2.05, 4.69) is 10.1 Å². The zero-order valence-corrected chi connectivity index (χ0v) is 15.8. The van der Waals surface area contributed by atoms with Crippen LogP contribution in [-0.2, 0) is 6.54 Å². The molecule has 0 aliphatic rings. The second-order valence-electron chi connectivity index (χ2n) is 6.92. The molecule has 1 heterocycles. The molecule has 0 spiro atoms. The molecule has 0 radical (unpaired) electrons. The molecule has 7 heteroatoms. The smallest absolute Gasteiger partial charge is 0.215 e. The summed E-state index contributed by atoms with van der Waals surface area (Å²) >= 11 is 11.2. The Bertz CT molecular complexity index is 723. The van der Waals surface area contributed by atoms with Gasteiger partial charge in [-0.05, 0) is 42.6 Å². The van der Waals surface area contributed by atoms with Crippen LogP contribution < -0.4 is 4.74 Å². The molecular formula is C17H24ClN3O2S. The van der Waals surface area contributed by atoms with Gasteiger partial charge in [-0.25, -0.2) is 4.98 Å². The molecule has 1 aromatic heterocycles. The first-order valence-corrected chi connectivity index (χ1v) is 8.71. The van der Waals surface area contributed by atoms with E-state index in [4.69, 9.17) is 28.6 Å². The van der Waals surface area contributed by atoms with E-state index in [1.807, 2.05) is 39.0 Å². The lowest BCUT2D eigenvalue weighted by atomic mass is 9.73. The van der Waals surface area contributed by atoms with E-state index < -0.39 is 5.60 Å². The molecule has 1 unspecified atom stereocenters. The molecule has 0 aliphatic carbocycles. The summed E-state index contributed by atoms with van der Waals surface area (Å²) in [5.74, 6) is 0.661. The van der Waals surface area contributed by atoms with Gasteiger partial charge >= 0.3 is 0 Å². The molecule has 132 valence electrons. The third kappa shape index (κ3) is 4.59. The van der Waals surface area contributed by atoms with Gasteiger partial charge in [0.1, 0.15) is 12.1 Å². The number of aliphatic hydroxyl groups is 1. The van der Waals surface area contributed by atoms with Crippen LogP contribution in [0.4, 0.5) is 0 Å². The predicted octanol–water partition coefficient (Wildman–Crippen LogP) is 4.23. The van der Waals surface area contributed by atoms with E-state index >= 15 is 0 Å². The first-order valence-electron chi connectivity index (χ1n) is 7.93. The lowest BCUT2D eigenvalue weighted by Gasteiger charge is -2.40. The van der Waals surface area contributed by atoms with E-state index in [0.29, 0.717) is 41.5 Å². The van der Waals surface area contributed by atoms with Crippen molar-refractivity contribution < 1.29 is 9.84 Å². The fourth-order valence-corrected chi connectivity index (χ4v) is 2.81. The summed E-state index contributed by atoms with van der Waals surface area (Å²) in [4.78, 5) is 4.00. The zero-order chi connectivity index (χ0) is 17.8. The number of nitrogens with zero attached hydrogens (tertiary/aromatic N) is 2. The first-order chi connectivity index (χ1) is 11.2. The number of halogens is 1. The molecule has 24 heavy (non-hydrogen) atoms. The molecule has 0 saturated carbocycles. The number of aromatic nitrogens is 3. The Morgan fingerprint density at radius 3 is 2.62 bits per heavy atom. The number of hydrogen-bond acceptors (Lipinski definition) is 4. The molecule has 0 saturated heterocycles. The predicted molar refractivity (Wildman–Crippen MR) is 98.0 cm³/mol. The van der Waals surface area contributed by atoms with Crippen molar-refractivity contribution in [1.82, 2.24) is 14.8 Å². The maximum absolute atomic E-state index is 11.2. The minimum Gasteiger partial charge on any atom is -0.492 e. The third-order valence-electron chi connectivity index (χ3n) is 4.26. The van der Waals surface area contributed by atoms with Gasteiger partial charge in [0.2, 0.25) is 4.77 Å². The normalized spacial score (nSPS) is 14.4. The van der Waals surface area contributed by atoms with Crippen LogP contribution in [-0.4, -0.2) is 32.1 Å². The molecule has 2 aromatic rings. The molecule has 1 atom stereocenters. The van der Waals surface area contributed by atoms with Crippen molar-refractivity contribution in [3.05, 3.63) is 40.4 Å². The number of nitrogens with one attached hydrogen (secondary N) is 1. The Morgan fingerprint density at radius 2 is 2.04 bits per heavy atom. The van der Waals surface area contributed by atoms with Crippen molar-refractivity contribution in [2.45, 2.75) is 45.8 Å². The van der Waals surface area contributed by atoms with Crippen LogP contribution in [0.1, 0.15) is 33.6 Å². The average molecular weight is 370 g/mol. The number of H-pyrrole nitrogens is 1. The number of benzene rings is 1. The van der Waals surface area contributed by atoms with Crippen molar-refractivity contribution in [2.24, 2.45) is 5.41 Å². The van der Waals surface area contributed by atoms with Crippen molar-refractivity contribution in [3.63, 3.8) is 0 Å². The Balaban J connectivity index is 1.98. The molecule has 2 rings (SSSR count). The van der Waals surface area contributed by atoms with Crippen LogP contribution in [0, 0.1) is 10.2 Å². The minimum atomic E-state index is -0.943. The quantitative estimate of drug-likeness (QED) is 0.566. The van der Waals surface area contributed by atoms with Gasteiger partial charge in [-0.1, -0.05) is 44.5 Å². The van der Waals surface area contributed by atoms with Crippen LogP contribution in [0.25, 0.3) is 0 Å². The van der Waals surface area contributed by atoms with Gasteiger partial charge in [0, 0.05) is 0 Å². The highest BCUT2D eigenvalue weighted by Crippen LogP contribution is 2.36. The van der Waals surface area contributed by atoms with Crippen LogP contribution >= 0.6 is 23.8 Å². The van der Waals surface area contributed by atoms with Gasteiger partial charge < -0.3 is 9.84 Å². The third-order valence-corrected chi connectivity index (χ3v) is 4.90. The van der Waals surface area contributed by atoms with Crippen LogP contribution in [0.5, 0.6) is 5.75 Å². The van der Waals surface area contributed by atoms with Crippen molar-refractivity contribution in [3.8, 4) is 5.75 Å². The summed E-state index contributed by atoms with van der Waals surface area (Å²) in [7, 11) is 0. The number of rotatable bonds is 7. The standard InChI is InChI=1S/C17H24ClN3O2S/c1-16(2,3)17(22,11-21-15(24)19-12-20-21)9-6-10-23-14-8-5-4-7-13(14)18/h4-5,7-8,12,22H,6,9-11H2,1-3H3,(H,19,20,24). The molecule has 0 fully saturated rings. The van der Waals surface area contributed by atoms with Gasteiger partial charge in [-0.15, -0.1) is 0 Å². The minimum absolute atomic E-state index is 0.322. The van der Waals surface area contributed by atoms with Gasteiger partial charge in [0.05, 0.1) is 23.8 Å². The van der Waals surface area contributed by atoms with Crippen LogP contribution in [0.2, 0.25) is 5.02 Å². The number of para-hydroxylation sites is 1. The highest BCUT2D eigenvalue weighted by molar-refractivity contribution is 7.71. The van der Waals surface area contributed by atoms with Gasteiger partial charge in [0.15, 0.2) is 0 Å². The molecule has 0 aliphatic heterocycles. The highest BCUT2D eigenvalue weighted by Gasteiger charge is 2.40. The lowest BCUT2D eigenvalue weighted by Crippen LogP contribution is -2.47. The summed E-state index contributed by atoms with van der Waals surface area (Å²) in [5, 5.41) is 14.7. The zero-order valence-electron chi connectivity index (χ0n) is 14.3. The van der Waals surface area contributed by atoms with E-state index in [0.717, 1.165) is 0 Å². The fourth-order valence-electron chi connectivity index (χ4n) is 2.45. The van der Waals surface area contributed by atoms with Crippen molar-refractivity contribution >= 4 is 23.8 Å². The molecule has 1 aromatic carbocycles. The van der Waals surface area contributed by atoms with Crippen LogP contribution in [0.3, 0.4) is 0 Å². The number of aromatic amines is 1. The van der Waals surface area contributed by atoms with Crippen LogP contribution in [0.15, 0.2) is 30.6 Å². The van der Waals surface area contributed by atoms with Gasteiger partial charge in [-0.2, -0.15) is 0 Å². The second-order valence-corrected chi connectivity index (χ2v) is 7.69. The first kappa shape index (κ1) is 19.0. The number of hydrogen-bond donors (Lipinski definition) is 2. The van der Waals surface area contributed by atoms with Crippen molar-refractivity contribution in [2.75, 3.05) is 6.61 Å². The lowest BCUT2D eigenvalue weighted by molar-refractivity contribution is -0.0828. The topological polar surface area (TPSA) is 63.1 Å². The Kier molecular flexibility index (Phi) is 6.06. The highest BCUT2D eigenvalue weighted by atomic mass is 35.5. The summed E-state index contributed by atoms with van der Waals surface area (Å²) < 4.78 is 7.84. The molecule has 2 N–H and O–H groups in total. The molecule has 0 bridgehead atoms. The van der Waals surface area contributed by atoms with E-state index in [1.165, 1.54) is 6.33 Å². The van der Waals surface area contributed by atoms with Gasteiger partial charge in [-0.3, -0.25) is 9.78 Å². The maximum Gasteiger partial charge on any atom is 0.215 e. The monoisotopic (exact) mass is 369 g/mol. The second kappa shape index (κ2) is 7.68. The summed E-state index contributed by atoms with van der Waals surface area (Å²) in [6.45, 7) is 6.89. The summed E-state index contributed by atoms with van der Waals surface area (Å²) in [6, 6.07) is 7.37. The van der Waals surface area contributed by atoms with Crippen molar-refractivity contribution in [1.29, 1.82) is 0 Å². The largest absolute Gasteiger partial charge is 0.492 e. The fraction of sp³-hybridized carbons (Fsp3) is 0.529.